The lowest BCUT2D eigenvalue weighted by Gasteiger charge is -2.29. The van der Waals surface area contributed by atoms with Crippen LogP contribution in [0.4, 0.5) is 0 Å². The minimum atomic E-state index is -1.90. The third-order valence-corrected chi connectivity index (χ3v) is 6.30. The molecule has 0 atom stereocenters. The van der Waals surface area contributed by atoms with Gasteiger partial charge >= 0.3 is 8.56 Å². The molecule has 0 aromatic rings. The van der Waals surface area contributed by atoms with Crippen LogP contribution in [-0.2, 0) is 8.85 Å². The molecule has 0 aliphatic carbocycles. The molecule has 3 heteroatoms. The van der Waals surface area contributed by atoms with Crippen molar-refractivity contribution in [2.75, 3.05) is 13.2 Å². The Morgan fingerprint density at radius 2 is 1.62 bits per heavy atom. The van der Waals surface area contributed by atoms with E-state index in [1.165, 1.54) is 0 Å². The molecule has 0 fully saturated rings. The summed E-state index contributed by atoms with van der Waals surface area (Å²) in [5.41, 5.74) is 0. The highest BCUT2D eigenvalue weighted by Crippen LogP contribution is 2.22. The lowest BCUT2D eigenvalue weighted by molar-refractivity contribution is 0.167. The summed E-state index contributed by atoms with van der Waals surface area (Å²) in [5.74, 6) is 0. The van der Waals surface area contributed by atoms with E-state index in [4.69, 9.17) is 8.85 Å². The molecular formula is C13H28O2Si. The molecule has 0 saturated carbocycles. The molecule has 0 heterocycles. The third kappa shape index (κ3) is 6.46. The molecule has 0 saturated heterocycles. The van der Waals surface area contributed by atoms with E-state index >= 15 is 0 Å². The van der Waals surface area contributed by atoms with Gasteiger partial charge in [0.05, 0.1) is 0 Å². The van der Waals surface area contributed by atoms with Gasteiger partial charge in [0.25, 0.3) is 0 Å². The zero-order valence-corrected chi connectivity index (χ0v) is 12.3. The molecule has 0 aromatic carbocycles. The van der Waals surface area contributed by atoms with Gasteiger partial charge in [-0.1, -0.05) is 26.8 Å². The molecule has 0 aliphatic rings. The number of hydrogen-bond acceptors (Lipinski definition) is 2. The normalized spacial score (nSPS) is 11.7. The highest BCUT2D eigenvalue weighted by Gasteiger charge is 2.34. The summed E-state index contributed by atoms with van der Waals surface area (Å²) in [7, 11) is -1.90. The van der Waals surface area contributed by atoms with Crippen molar-refractivity contribution in [1.29, 1.82) is 0 Å². The second kappa shape index (κ2) is 10.1. The Kier molecular flexibility index (Phi) is 9.98. The Morgan fingerprint density at radius 1 is 1.06 bits per heavy atom. The first-order chi connectivity index (χ1) is 7.74. The Bertz CT molecular complexity index is 163. The van der Waals surface area contributed by atoms with Crippen molar-refractivity contribution < 1.29 is 8.85 Å². The Labute approximate surface area is 102 Å². The lowest BCUT2D eigenvalue weighted by atomic mass is 10.3. The van der Waals surface area contributed by atoms with Crippen molar-refractivity contribution in [3.05, 3.63) is 12.7 Å². The summed E-state index contributed by atoms with van der Waals surface area (Å²) < 4.78 is 12.1. The van der Waals surface area contributed by atoms with Gasteiger partial charge in [-0.15, -0.1) is 6.58 Å². The van der Waals surface area contributed by atoms with Gasteiger partial charge in [0.15, 0.2) is 0 Å². The molecule has 0 rings (SSSR count). The van der Waals surface area contributed by atoms with Crippen LogP contribution in [-0.4, -0.2) is 21.8 Å². The van der Waals surface area contributed by atoms with Crippen molar-refractivity contribution >= 4 is 8.56 Å². The summed E-state index contributed by atoms with van der Waals surface area (Å²) in [6, 6.07) is 2.17. The van der Waals surface area contributed by atoms with Crippen LogP contribution in [0.15, 0.2) is 12.7 Å². The first-order valence-corrected chi connectivity index (χ1v) is 8.86. The minimum Gasteiger partial charge on any atom is -0.394 e. The molecule has 0 unspecified atom stereocenters. The molecule has 16 heavy (non-hydrogen) atoms. The largest absolute Gasteiger partial charge is 0.394 e. The number of unbranched alkanes of at least 4 members (excludes halogenated alkanes) is 1. The second-order valence-electron chi connectivity index (χ2n) is 4.14. The number of hydrogen-bond donors (Lipinski definition) is 0. The van der Waals surface area contributed by atoms with Crippen molar-refractivity contribution in [3.63, 3.8) is 0 Å². The van der Waals surface area contributed by atoms with Gasteiger partial charge in [0, 0.05) is 13.2 Å². The van der Waals surface area contributed by atoms with Gasteiger partial charge in [-0.2, -0.15) is 0 Å². The molecule has 96 valence electrons. The van der Waals surface area contributed by atoms with Crippen molar-refractivity contribution in [1.82, 2.24) is 0 Å². The van der Waals surface area contributed by atoms with E-state index in [0.29, 0.717) is 0 Å². The zero-order valence-electron chi connectivity index (χ0n) is 11.3. The number of allylic oxidation sites excluding steroid dienone is 1. The van der Waals surface area contributed by atoms with Crippen LogP contribution in [0.1, 0.15) is 46.5 Å². The van der Waals surface area contributed by atoms with Crippen molar-refractivity contribution in [2.24, 2.45) is 0 Å². The second-order valence-corrected chi connectivity index (χ2v) is 7.75. The van der Waals surface area contributed by atoms with Crippen LogP contribution in [0, 0.1) is 0 Å². The topological polar surface area (TPSA) is 18.5 Å². The molecule has 0 bridgehead atoms. The van der Waals surface area contributed by atoms with Crippen LogP contribution < -0.4 is 0 Å². The van der Waals surface area contributed by atoms with Gasteiger partial charge in [-0.25, -0.2) is 0 Å². The van der Waals surface area contributed by atoms with Gasteiger partial charge in [0.1, 0.15) is 0 Å². The molecular weight excluding hydrogens is 216 g/mol. The van der Waals surface area contributed by atoms with E-state index in [0.717, 1.165) is 51.0 Å². The van der Waals surface area contributed by atoms with Crippen LogP contribution in [0.2, 0.25) is 12.1 Å². The molecule has 0 N–H and O–H groups in total. The van der Waals surface area contributed by atoms with Crippen molar-refractivity contribution in [3.8, 4) is 0 Å². The average molecular weight is 244 g/mol. The molecule has 0 radical (unpaired) electrons. The van der Waals surface area contributed by atoms with Crippen molar-refractivity contribution in [2.45, 2.75) is 58.5 Å². The Hall–Kier alpha value is -0.123. The predicted octanol–water partition coefficient (Wildman–Crippen LogP) is 4.27. The van der Waals surface area contributed by atoms with Gasteiger partial charge in [-0.05, 0) is 37.8 Å². The highest BCUT2D eigenvalue weighted by atomic mass is 28.4. The molecule has 0 aromatic heterocycles. The van der Waals surface area contributed by atoms with E-state index < -0.39 is 8.56 Å². The minimum absolute atomic E-state index is 0.845. The highest BCUT2D eigenvalue weighted by molar-refractivity contribution is 6.67. The van der Waals surface area contributed by atoms with E-state index in [1.807, 2.05) is 6.08 Å². The lowest BCUT2D eigenvalue weighted by Crippen LogP contribution is -2.42. The van der Waals surface area contributed by atoms with Gasteiger partial charge in [-0.3, -0.25) is 0 Å². The summed E-state index contributed by atoms with van der Waals surface area (Å²) in [6.07, 6.45) is 6.35. The Morgan fingerprint density at radius 3 is 2.00 bits per heavy atom. The maximum atomic E-state index is 6.06. The van der Waals surface area contributed by atoms with Crippen LogP contribution in [0.5, 0.6) is 0 Å². The quantitative estimate of drug-likeness (QED) is 0.307. The van der Waals surface area contributed by atoms with Gasteiger partial charge in [0.2, 0.25) is 0 Å². The molecule has 0 amide bonds. The summed E-state index contributed by atoms with van der Waals surface area (Å²) in [4.78, 5) is 0. The van der Waals surface area contributed by atoms with E-state index in [1.54, 1.807) is 0 Å². The monoisotopic (exact) mass is 244 g/mol. The number of rotatable bonds is 11. The standard InChI is InChI=1S/C13H28O2Si/c1-5-9-10-13-16(8-4,14-11-6-2)15-12-7-3/h5H,1,6-13H2,2-4H3. The predicted molar refractivity (Wildman–Crippen MR) is 73.0 cm³/mol. The van der Waals surface area contributed by atoms with Crippen LogP contribution in [0.25, 0.3) is 0 Å². The molecule has 0 aliphatic heterocycles. The summed E-state index contributed by atoms with van der Waals surface area (Å²) in [5, 5.41) is 0. The van der Waals surface area contributed by atoms with E-state index in [9.17, 15) is 0 Å². The summed E-state index contributed by atoms with van der Waals surface area (Å²) in [6.45, 7) is 12.0. The molecule has 2 nitrogen and oxygen atoms in total. The van der Waals surface area contributed by atoms with Crippen LogP contribution >= 0.6 is 0 Å². The maximum absolute atomic E-state index is 6.06. The Balaban J connectivity index is 4.21. The maximum Gasteiger partial charge on any atom is 0.337 e. The summed E-state index contributed by atoms with van der Waals surface area (Å²) >= 11 is 0. The fourth-order valence-corrected chi connectivity index (χ4v) is 4.69. The van der Waals surface area contributed by atoms with Crippen LogP contribution in [0.3, 0.4) is 0 Å². The molecule has 0 spiro atoms. The fraction of sp³-hybridized carbons (Fsp3) is 0.846. The average Bonchev–Trinajstić information content (AvgIpc) is 2.32. The van der Waals surface area contributed by atoms with E-state index in [-0.39, 0.29) is 0 Å². The van der Waals surface area contributed by atoms with E-state index in [2.05, 4.69) is 27.4 Å². The zero-order chi connectivity index (χ0) is 12.3. The first kappa shape index (κ1) is 15.9. The third-order valence-electron chi connectivity index (χ3n) is 2.64. The smallest absolute Gasteiger partial charge is 0.337 e. The fourth-order valence-electron chi connectivity index (χ4n) is 1.66. The first-order valence-electron chi connectivity index (χ1n) is 6.63. The van der Waals surface area contributed by atoms with Gasteiger partial charge < -0.3 is 8.85 Å². The SMILES string of the molecule is C=CCCC[Si](CC)(OCCC)OCCC.